The predicted molar refractivity (Wildman–Crippen MR) is 87.2 cm³/mol. The van der Waals surface area contributed by atoms with Crippen molar-refractivity contribution in [1.29, 1.82) is 0 Å². The predicted octanol–water partition coefficient (Wildman–Crippen LogP) is 1.83. The molecular weight excluding hydrogens is 292 g/mol. The molecule has 0 aromatic carbocycles. The summed E-state index contributed by atoms with van der Waals surface area (Å²) in [4.78, 5) is 9.12. The quantitative estimate of drug-likeness (QED) is 0.833. The van der Waals surface area contributed by atoms with Gasteiger partial charge < -0.3 is 9.42 Å². The Bertz CT molecular complexity index is 611. The summed E-state index contributed by atoms with van der Waals surface area (Å²) in [6.07, 6.45) is 3.00. The van der Waals surface area contributed by atoms with Gasteiger partial charge in [0.2, 0.25) is 5.89 Å². The summed E-state index contributed by atoms with van der Waals surface area (Å²) in [5.74, 6) is 2.49. The van der Waals surface area contributed by atoms with Crippen molar-refractivity contribution in [3.8, 4) is 0 Å². The molecule has 0 N–H and O–H groups in total. The van der Waals surface area contributed by atoms with E-state index in [1.165, 1.54) is 0 Å². The van der Waals surface area contributed by atoms with Crippen LogP contribution < -0.4 is 4.90 Å². The molecule has 0 spiro atoms. The summed E-state index contributed by atoms with van der Waals surface area (Å²) >= 11 is 0. The second-order valence-corrected chi connectivity index (χ2v) is 6.00. The van der Waals surface area contributed by atoms with Crippen LogP contribution in [0.25, 0.3) is 0 Å². The third-order valence-electron chi connectivity index (χ3n) is 4.04. The van der Waals surface area contributed by atoms with Crippen LogP contribution in [-0.2, 0) is 13.0 Å². The molecule has 0 saturated carbocycles. The topological polar surface area (TPSA) is 71.2 Å². The zero-order valence-corrected chi connectivity index (χ0v) is 13.9. The van der Waals surface area contributed by atoms with Gasteiger partial charge >= 0.3 is 0 Å². The number of aromatic nitrogens is 4. The maximum absolute atomic E-state index is 5.35. The molecule has 1 saturated heterocycles. The number of rotatable bonds is 5. The monoisotopic (exact) mass is 316 g/mol. The van der Waals surface area contributed by atoms with Gasteiger partial charge in [0.15, 0.2) is 11.6 Å². The van der Waals surface area contributed by atoms with E-state index in [-0.39, 0.29) is 0 Å². The van der Waals surface area contributed by atoms with Crippen LogP contribution in [0.15, 0.2) is 16.7 Å². The lowest BCUT2D eigenvalue weighted by molar-refractivity contribution is 0.239. The van der Waals surface area contributed by atoms with E-state index in [1.807, 2.05) is 19.1 Å². The highest BCUT2D eigenvalue weighted by Crippen LogP contribution is 2.14. The Morgan fingerprint density at radius 1 is 1.13 bits per heavy atom. The lowest BCUT2D eigenvalue weighted by Gasteiger charge is -2.21. The summed E-state index contributed by atoms with van der Waals surface area (Å²) < 4.78 is 5.35. The molecule has 3 heterocycles. The smallest absolute Gasteiger partial charge is 0.240 e. The molecule has 7 heteroatoms. The van der Waals surface area contributed by atoms with Crippen molar-refractivity contribution in [3.63, 3.8) is 0 Å². The normalized spacial score (nSPS) is 16.5. The van der Waals surface area contributed by atoms with Crippen LogP contribution in [0.4, 0.5) is 5.82 Å². The van der Waals surface area contributed by atoms with Gasteiger partial charge in [-0.15, -0.1) is 5.10 Å². The fourth-order valence-corrected chi connectivity index (χ4v) is 2.79. The van der Waals surface area contributed by atoms with E-state index >= 15 is 0 Å². The largest absolute Gasteiger partial charge is 0.354 e. The van der Waals surface area contributed by atoms with Crippen molar-refractivity contribution in [2.75, 3.05) is 31.1 Å². The van der Waals surface area contributed by atoms with E-state index in [1.54, 1.807) is 0 Å². The van der Waals surface area contributed by atoms with Crippen LogP contribution >= 0.6 is 0 Å². The fraction of sp³-hybridized carbons (Fsp3) is 0.625. The number of hydrogen-bond donors (Lipinski definition) is 0. The minimum absolute atomic E-state index is 0.719. The van der Waals surface area contributed by atoms with Gasteiger partial charge in [-0.1, -0.05) is 12.1 Å². The van der Waals surface area contributed by atoms with Gasteiger partial charge in [-0.25, -0.2) is 0 Å². The molecule has 23 heavy (non-hydrogen) atoms. The Morgan fingerprint density at radius 3 is 2.83 bits per heavy atom. The van der Waals surface area contributed by atoms with Crippen molar-refractivity contribution in [1.82, 2.24) is 25.2 Å². The SMILES string of the molecule is CCCc1noc(CN2CCCN(c3ccc(C)nn3)CC2)n1. The second-order valence-electron chi connectivity index (χ2n) is 6.00. The Balaban J connectivity index is 1.56. The van der Waals surface area contributed by atoms with Gasteiger partial charge in [-0.05, 0) is 31.9 Å². The minimum Gasteiger partial charge on any atom is -0.354 e. The second kappa shape index (κ2) is 7.50. The Morgan fingerprint density at radius 2 is 2.04 bits per heavy atom. The number of aryl methyl sites for hydroxylation is 2. The summed E-state index contributed by atoms with van der Waals surface area (Å²) in [5.41, 5.74) is 0.949. The first kappa shape index (κ1) is 15.9. The van der Waals surface area contributed by atoms with Crippen molar-refractivity contribution in [2.24, 2.45) is 0 Å². The first-order valence-corrected chi connectivity index (χ1v) is 8.33. The van der Waals surface area contributed by atoms with Gasteiger partial charge in [0, 0.05) is 32.6 Å². The third kappa shape index (κ3) is 4.25. The first-order chi connectivity index (χ1) is 11.2. The molecule has 3 rings (SSSR count). The standard InChI is InChI=1S/C16H24N6O/c1-3-5-14-17-16(23-20-14)12-21-8-4-9-22(11-10-21)15-7-6-13(2)18-19-15/h6-7H,3-5,8-12H2,1-2H3. The van der Waals surface area contributed by atoms with Crippen molar-refractivity contribution in [2.45, 2.75) is 39.7 Å². The Hall–Kier alpha value is -2.02. The van der Waals surface area contributed by atoms with E-state index in [9.17, 15) is 0 Å². The number of anilines is 1. The molecule has 2 aromatic rings. The lowest BCUT2D eigenvalue weighted by atomic mass is 10.3. The Labute approximate surface area is 136 Å². The highest BCUT2D eigenvalue weighted by atomic mass is 16.5. The third-order valence-corrected chi connectivity index (χ3v) is 4.04. The van der Waals surface area contributed by atoms with Gasteiger partial charge in [0.05, 0.1) is 12.2 Å². The zero-order chi connectivity index (χ0) is 16.1. The van der Waals surface area contributed by atoms with Crippen LogP contribution in [0, 0.1) is 6.92 Å². The van der Waals surface area contributed by atoms with E-state index in [4.69, 9.17) is 4.52 Å². The molecule has 1 aliphatic rings. The van der Waals surface area contributed by atoms with Crippen LogP contribution in [-0.4, -0.2) is 51.4 Å². The maximum Gasteiger partial charge on any atom is 0.240 e. The van der Waals surface area contributed by atoms with Crippen LogP contribution in [0.1, 0.15) is 37.2 Å². The highest BCUT2D eigenvalue weighted by Gasteiger charge is 2.18. The van der Waals surface area contributed by atoms with Gasteiger partial charge in [-0.2, -0.15) is 10.1 Å². The van der Waals surface area contributed by atoms with Gasteiger partial charge in [-0.3, -0.25) is 4.90 Å². The van der Waals surface area contributed by atoms with E-state index in [0.29, 0.717) is 0 Å². The number of hydrogen-bond acceptors (Lipinski definition) is 7. The van der Waals surface area contributed by atoms with Crippen LogP contribution in [0.5, 0.6) is 0 Å². The molecule has 124 valence electrons. The lowest BCUT2D eigenvalue weighted by Crippen LogP contribution is -2.31. The van der Waals surface area contributed by atoms with Gasteiger partial charge in [0.25, 0.3) is 0 Å². The first-order valence-electron chi connectivity index (χ1n) is 8.33. The van der Waals surface area contributed by atoms with Gasteiger partial charge in [0.1, 0.15) is 0 Å². The molecule has 0 bridgehead atoms. The maximum atomic E-state index is 5.35. The van der Waals surface area contributed by atoms with Crippen LogP contribution in [0.2, 0.25) is 0 Å². The average molecular weight is 316 g/mol. The highest BCUT2D eigenvalue weighted by molar-refractivity contribution is 5.37. The summed E-state index contributed by atoms with van der Waals surface area (Å²) in [6, 6.07) is 4.06. The minimum atomic E-state index is 0.719. The van der Waals surface area contributed by atoms with E-state index < -0.39 is 0 Å². The zero-order valence-electron chi connectivity index (χ0n) is 13.9. The fourth-order valence-electron chi connectivity index (χ4n) is 2.79. The molecule has 1 fully saturated rings. The van der Waals surface area contributed by atoms with E-state index in [0.717, 1.165) is 75.2 Å². The van der Waals surface area contributed by atoms with Crippen LogP contribution in [0.3, 0.4) is 0 Å². The molecule has 0 aliphatic carbocycles. The summed E-state index contributed by atoms with van der Waals surface area (Å²) in [6.45, 7) is 8.73. The molecule has 0 amide bonds. The van der Waals surface area contributed by atoms with Crippen molar-refractivity contribution in [3.05, 3.63) is 29.5 Å². The molecule has 0 unspecified atom stereocenters. The van der Waals surface area contributed by atoms with Crippen molar-refractivity contribution >= 4 is 5.82 Å². The van der Waals surface area contributed by atoms with Crippen molar-refractivity contribution < 1.29 is 4.52 Å². The summed E-state index contributed by atoms with van der Waals surface area (Å²) in [5, 5.41) is 12.5. The van der Waals surface area contributed by atoms with E-state index in [2.05, 4.69) is 37.1 Å². The molecular formula is C16H24N6O. The molecule has 2 aromatic heterocycles. The molecule has 1 aliphatic heterocycles. The molecule has 0 atom stereocenters. The Kier molecular flexibility index (Phi) is 5.17. The average Bonchev–Trinajstić information content (AvgIpc) is 2.85. The molecule has 7 nitrogen and oxygen atoms in total. The molecule has 0 radical (unpaired) electrons. The summed E-state index contributed by atoms with van der Waals surface area (Å²) in [7, 11) is 0. The number of nitrogens with zero attached hydrogens (tertiary/aromatic N) is 6.